The number of fused-ring (bicyclic) bond motifs is 7. The summed E-state index contributed by atoms with van der Waals surface area (Å²) >= 11 is 0. The Morgan fingerprint density at radius 1 is 1.00 bits per heavy atom. The molecule has 0 saturated heterocycles. The SMILES string of the molecule is O=C(NCc1ccccn1)c1ccc2c(c1)[C@@H]1[C@H]3CC[C@@H](C3)[C@H]1[C@H](c1ccccc1)N2. The summed E-state index contributed by atoms with van der Waals surface area (Å²) in [6.45, 7) is 0.446. The Hall–Kier alpha value is -3.14. The Morgan fingerprint density at radius 3 is 2.68 bits per heavy atom. The van der Waals surface area contributed by atoms with Crippen LogP contribution in [0, 0.1) is 17.8 Å². The molecule has 3 aliphatic rings. The molecule has 2 saturated carbocycles. The van der Waals surface area contributed by atoms with E-state index in [-0.39, 0.29) is 5.91 Å². The number of hydrogen-bond acceptors (Lipinski definition) is 3. The molecular formula is C27H27N3O. The monoisotopic (exact) mass is 409 g/mol. The van der Waals surface area contributed by atoms with Gasteiger partial charge in [-0.15, -0.1) is 0 Å². The van der Waals surface area contributed by atoms with Gasteiger partial charge in [-0.1, -0.05) is 36.4 Å². The number of nitrogens with one attached hydrogen (secondary N) is 2. The minimum Gasteiger partial charge on any atom is -0.378 e. The summed E-state index contributed by atoms with van der Waals surface area (Å²) in [6, 6.07) is 23.2. The van der Waals surface area contributed by atoms with Gasteiger partial charge in [-0.25, -0.2) is 0 Å². The first kappa shape index (κ1) is 18.6. The van der Waals surface area contributed by atoms with Crippen molar-refractivity contribution in [2.75, 3.05) is 5.32 Å². The van der Waals surface area contributed by atoms with Gasteiger partial charge in [0.15, 0.2) is 0 Å². The molecule has 5 atom stereocenters. The van der Waals surface area contributed by atoms with Crippen molar-refractivity contribution in [3.63, 3.8) is 0 Å². The van der Waals surface area contributed by atoms with Gasteiger partial charge in [0, 0.05) is 17.4 Å². The molecule has 2 heterocycles. The molecule has 156 valence electrons. The number of aromatic nitrogens is 1. The number of carbonyl (C=O) groups excluding carboxylic acids is 1. The Labute approximate surface area is 183 Å². The maximum absolute atomic E-state index is 12.9. The second-order valence-corrected chi connectivity index (χ2v) is 9.27. The lowest BCUT2D eigenvalue weighted by Gasteiger charge is -2.43. The van der Waals surface area contributed by atoms with Gasteiger partial charge in [-0.3, -0.25) is 9.78 Å². The minimum atomic E-state index is -0.0293. The zero-order valence-corrected chi connectivity index (χ0v) is 17.5. The number of benzene rings is 2. The first-order chi connectivity index (χ1) is 15.3. The van der Waals surface area contributed by atoms with Crippen molar-refractivity contribution in [3.8, 4) is 0 Å². The fourth-order valence-electron chi connectivity index (χ4n) is 6.39. The molecule has 2 bridgehead atoms. The Kier molecular flexibility index (Phi) is 4.52. The second kappa shape index (κ2) is 7.52. The number of carbonyl (C=O) groups is 1. The Bertz CT molecular complexity index is 1100. The third kappa shape index (κ3) is 3.21. The van der Waals surface area contributed by atoms with Crippen LogP contribution >= 0.6 is 0 Å². The highest BCUT2D eigenvalue weighted by molar-refractivity contribution is 5.95. The van der Waals surface area contributed by atoms with Crippen LogP contribution in [0.2, 0.25) is 0 Å². The number of hydrogen-bond donors (Lipinski definition) is 2. The van der Waals surface area contributed by atoms with E-state index in [1.165, 1.54) is 36.1 Å². The van der Waals surface area contributed by atoms with Gasteiger partial charge in [0.05, 0.1) is 18.3 Å². The number of rotatable bonds is 4. The fourth-order valence-corrected chi connectivity index (χ4v) is 6.39. The van der Waals surface area contributed by atoms with Crippen molar-refractivity contribution in [1.82, 2.24) is 10.3 Å². The molecule has 0 unspecified atom stereocenters. The van der Waals surface area contributed by atoms with E-state index in [9.17, 15) is 4.79 Å². The summed E-state index contributed by atoms with van der Waals surface area (Å²) in [5.41, 5.74) is 5.54. The van der Waals surface area contributed by atoms with E-state index in [0.717, 1.165) is 23.1 Å². The lowest BCUT2D eigenvalue weighted by Crippen LogP contribution is -2.35. The molecule has 1 aliphatic heterocycles. The molecule has 4 heteroatoms. The summed E-state index contributed by atoms with van der Waals surface area (Å²) in [4.78, 5) is 17.2. The molecule has 2 N–H and O–H groups in total. The van der Waals surface area contributed by atoms with Crippen molar-refractivity contribution in [2.24, 2.45) is 17.8 Å². The van der Waals surface area contributed by atoms with E-state index in [1.807, 2.05) is 24.3 Å². The van der Waals surface area contributed by atoms with Gasteiger partial charge < -0.3 is 10.6 Å². The van der Waals surface area contributed by atoms with Crippen LogP contribution in [-0.2, 0) is 6.54 Å². The van der Waals surface area contributed by atoms with E-state index in [0.29, 0.717) is 24.4 Å². The highest BCUT2D eigenvalue weighted by Gasteiger charge is 2.53. The van der Waals surface area contributed by atoms with Crippen LogP contribution in [0.1, 0.15) is 58.4 Å². The molecule has 0 spiro atoms. The molecule has 2 aromatic carbocycles. The van der Waals surface area contributed by atoms with Gasteiger partial charge in [-0.05, 0) is 84.4 Å². The van der Waals surface area contributed by atoms with E-state index in [1.54, 1.807) is 6.20 Å². The molecule has 1 aromatic heterocycles. The van der Waals surface area contributed by atoms with Crippen LogP contribution in [-0.4, -0.2) is 10.9 Å². The fraction of sp³-hybridized carbons (Fsp3) is 0.333. The summed E-state index contributed by atoms with van der Waals surface area (Å²) in [6.07, 6.45) is 5.75. The van der Waals surface area contributed by atoms with Gasteiger partial charge >= 0.3 is 0 Å². The second-order valence-electron chi connectivity index (χ2n) is 9.27. The van der Waals surface area contributed by atoms with E-state index in [2.05, 4.69) is 58.1 Å². The molecule has 2 fully saturated rings. The van der Waals surface area contributed by atoms with Crippen molar-refractivity contribution in [1.29, 1.82) is 0 Å². The van der Waals surface area contributed by atoms with Gasteiger partial charge in [0.25, 0.3) is 5.91 Å². The maximum atomic E-state index is 12.9. The number of pyridine rings is 1. The highest BCUT2D eigenvalue weighted by Crippen LogP contribution is 2.63. The van der Waals surface area contributed by atoms with Crippen molar-refractivity contribution < 1.29 is 4.79 Å². The lowest BCUT2D eigenvalue weighted by atomic mass is 9.68. The highest BCUT2D eigenvalue weighted by atomic mass is 16.1. The number of nitrogens with zero attached hydrogens (tertiary/aromatic N) is 1. The molecule has 6 rings (SSSR count). The average molecular weight is 410 g/mol. The van der Waals surface area contributed by atoms with E-state index >= 15 is 0 Å². The van der Waals surface area contributed by atoms with Crippen LogP contribution in [0.4, 0.5) is 5.69 Å². The molecule has 31 heavy (non-hydrogen) atoms. The summed E-state index contributed by atoms with van der Waals surface area (Å²) in [7, 11) is 0. The Morgan fingerprint density at radius 2 is 1.84 bits per heavy atom. The molecule has 0 radical (unpaired) electrons. The normalized spacial score (nSPS) is 27.8. The summed E-state index contributed by atoms with van der Waals surface area (Å²) in [5, 5.41) is 6.88. The first-order valence-corrected chi connectivity index (χ1v) is 11.4. The van der Waals surface area contributed by atoms with Crippen LogP contribution in [0.3, 0.4) is 0 Å². The van der Waals surface area contributed by atoms with Crippen molar-refractivity contribution in [3.05, 3.63) is 95.3 Å². The lowest BCUT2D eigenvalue weighted by molar-refractivity contribution is 0.0950. The van der Waals surface area contributed by atoms with Crippen LogP contribution in [0.25, 0.3) is 0 Å². The minimum absolute atomic E-state index is 0.0293. The summed E-state index contributed by atoms with van der Waals surface area (Å²) in [5.74, 6) is 2.65. The molecule has 3 aromatic rings. The first-order valence-electron chi connectivity index (χ1n) is 11.4. The molecule has 2 aliphatic carbocycles. The Balaban J connectivity index is 1.30. The van der Waals surface area contributed by atoms with Crippen molar-refractivity contribution >= 4 is 11.6 Å². The number of amides is 1. The molecule has 4 nitrogen and oxygen atoms in total. The van der Waals surface area contributed by atoms with Crippen LogP contribution < -0.4 is 10.6 Å². The zero-order chi connectivity index (χ0) is 20.8. The van der Waals surface area contributed by atoms with Crippen LogP contribution in [0.5, 0.6) is 0 Å². The number of anilines is 1. The zero-order valence-electron chi connectivity index (χ0n) is 17.5. The topological polar surface area (TPSA) is 54.0 Å². The van der Waals surface area contributed by atoms with E-state index < -0.39 is 0 Å². The third-order valence-electron chi connectivity index (χ3n) is 7.66. The maximum Gasteiger partial charge on any atom is 0.251 e. The predicted octanol–water partition coefficient (Wildman–Crippen LogP) is 5.31. The quantitative estimate of drug-likeness (QED) is 0.614. The van der Waals surface area contributed by atoms with Gasteiger partial charge in [0.2, 0.25) is 0 Å². The van der Waals surface area contributed by atoms with Gasteiger partial charge in [0.1, 0.15) is 0 Å². The van der Waals surface area contributed by atoms with E-state index in [4.69, 9.17) is 0 Å². The molecule has 1 amide bonds. The van der Waals surface area contributed by atoms with Crippen LogP contribution in [0.15, 0.2) is 72.9 Å². The third-order valence-corrected chi connectivity index (χ3v) is 7.66. The largest absolute Gasteiger partial charge is 0.378 e. The smallest absolute Gasteiger partial charge is 0.251 e. The predicted molar refractivity (Wildman–Crippen MR) is 122 cm³/mol. The average Bonchev–Trinajstić information content (AvgIpc) is 3.46. The van der Waals surface area contributed by atoms with Gasteiger partial charge in [-0.2, -0.15) is 0 Å². The van der Waals surface area contributed by atoms with Crippen molar-refractivity contribution in [2.45, 2.75) is 37.8 Å². The standard InChI is InChI=1S/C27H27N3O/c31-27(29-16-21-8-4-5-13-28-21)20-11-12-23-22(15-20)24-18-9-10-19(14-18)25(24)26(30-23)17-6-2-1-3-7-17/h1-8,11-13,15,18-19,24-26,30H,9-10,14,16H2,(H,29,31)/t18-,19-,24-,25+,26-/m0/s1. The molecular weight excluding hydrogens is 382 g/mol. The summed E-state index contributed by atoms with van der Waals surface area (Å²) < 4.78 is 0.